The van der Waals surface area contributed by atoms with Gasteiger partial charge in [-0.05, 0) is 19.1 Å². The van der Waals surface area contributed by atoms with Gasteiger partial charge >= 0.3 is 0 Å². The third-order valence-electron chi connectivity index (χ3n) is 1.81. The van der Waals surface area contributed by atoms with Gasteiger partial charge in [-0.2, -0.15) is 0 Å². The second-order valence-corrected chi connectivity index (χ2v) is 4.95. The number of benzene rings is 1. The highest BCUT2D eigenvalue weighted by Gasteiger charge is 2.06. The molecular weight excluding hydrogens is 203 g/mol. The van der Waals surface area contributed by atoms with Crippen LogP contribution in [0.1, 0.15) is 12.5 Å². The molecule has 0 saturated heterocycles. The van der Waals surface area contributed by atoms with E-state index in [1.165, 1.54) is 30.3 Å². The molecule has 76 valence electrons. The number of halogens is 1. The Kier molecular flexibility index (Phi) is 3.06. The summed E-state index contributed by atoms with van der Waals surface area (Å²) < 4.78 is 35.2. The van der Waals surface area contributed by atoms with Gasteiger partial charge in [0.15, 0.2) is 9.84 Å². The molecule has 0 aliphatic carbocycles. The fourth-order valence-electron chi connectivity index (χ4n) is 1.03. The summed E-state index contributed by atoms with van der Waals surface area (Å²) in [5, 5.41) is 0. The molecule has 1 aromatic carbocycles. The van der Waals surface area contributed by atoms with E-state index in [1.54, 1.807) is 6.92 Å². The Labute approximate surface area is 83.0 Å². The maximum absolute atomic E-state index is 13.0. The van der Waals surface area contributed by atoms with Crippen LogP contribution in [-0.4, -0.2) is 14.7 Å². The highest BCUT2D eigenvalue weighted by molar-refractivity contribution is 7.90. The van der Waals surface area contributed by atoms with Crippen LogP contribution in [0.15, 0.2) is 35.2 Å². The van der Waals surface area contributed by atoms with E-state index in [9.17, 15) is 12.8 Å². The van der Waals surface area contributed by atoms with Crippen LogP contribution >= 0.6 is 0 Å². The van der Waals surface area contributed by atoms with Gasteiger partial charge in [-0.1, -0.05) is 18.2 Å². The summed E-state index contributed by atoms with van der Waals surface area (Å²) in [4.78, 5) is 0.199. The number of hydrogen-bond donors (Lipinski definition) is 0. The van der Waals surface area contributed by atoms with Crippen molar-refractivity contribution in [3.05, 3.63) is 35.9 Å². The summed E-state index contributed by atoms with van der Waals surface area (Å²) in [5.74, 6) is -0.356. The molecular formula is C10H11FO2S. The van der Waals surface area contributed by atoms with Crippen LogP contribution in [0.4, 0.5) is 4.39 Å². The minimum Gasteiger partial charge on any atom is -0.224 e. The van der Waals surface area contributed by atoms with Crippen molar-refractivity contribution in [2.45, 2.75) is 11.8 Å². The first-order valence-electron chi connectivity index (χ1n) is 4.07. The second-order valence-electron chi connectivity index (χ2n) is 2.93. The van der Waals surface area contributed by atoms with E-state index in [4.69, 9.17) is 0 Å². The topological polar surface area (TPSA) is 34.1 Å². The summed E-state index contributed by atoms with van der Waals surface area (Å²) >= 11 is 0. The quantitative estimate of drug-likeness (QED) is 0.757. The van der Waals surface area contributed by atoms with Crippen molar-refractivity contribution in [1.82, 2.24) is 0 Å². The third kappa shape index (κ3) is 2.42. The Morgan fingerprint density at radius 3 is 2.14 bits per heavy atom. The van der Waals surface area contributed by atoms with Gasteiger partial charge in [-0.3, -0.25) is 0 Å². The van der Waals surface area contributed by atoms with Gasteiger partial charge in [-0.15, -0.1) is 0 Å². The van der Waals surface area contributed by atoms with Gasteiger partial charge in [0.05, 0.1) is 4.90 Å². The maximum Gasteiger partial charge on any atom is 0.175 e. The first-order chi connectivity index (χ1) is 6.45. The van der Waals surface area contributed by atoms with Gasteiger partial charge in [0.1, 0.15) is 5.83 Å². The zero-order valence-corrected chi connectivity index (χ0v) is 8.81. The molecule has 2 nitrogen and oxygen atoms in total. The molecule has 4 heteroatoms. The summed E-state index contributed by atoms with van der Waals surface area (Å²) in [6.45, 7) is 1.58. The van der Waals surface area contributed by atoms with Crippen LogP contribution in [0.25, 0.3) is 5.83 Å². The van der Waals surface area contributed by atoms with Gasteiger partial charge in [0, 0.05) is 11.8 Å². The molecule has 0 aliphatic rings. The van der Waals surface area contributed by atoms with Crippen LogP contribution in [-0.2, 0) is 9.84 Å². The van der Waals surface area contributed by atoms with E-state index in [1.807, 2.05) is 0 Å². The zero-order valence-electron chi connectivity index (χ0n) is 7.99. The summed E-state index contributed by atoms with van der Waals surface area (Å²) in [6, 6.07) is 5.69. The molecule has 0 saturated carbocycles. The Hall–Kier alpha value is -1.16. The van der Waals surface area contributed by atoms with Gasteiger partial charge in [0.2, 0.25) is 0 Å². The van der Waals surface area contributed by atoms with Crippen molar-refractivity contribution >= 4 is 15.7 Å². The van der Waals surface area contributed by atoms with E-state index < -0.39 is 9.84 Å². The molecule has 0 spiro atoms. The van der Waals surface area contributed by atoms with Crippen molar-refractivity contribution in [3.63, 3.8) is 0 Å². The van der Waals surface area contributed by atoms with E-state index in [2.05, 4.69) is 0 Å². The first-order valence-corrected chi connectivity index (χ1v) is 5.96. The lowest BCUT2D eigenvalue weighted by Crippen LogP contribution is -1.96. The van der Waals surface area contributed by atoms with Crippen molar-refractivity contribution < 1.29 is 12.8 Å². The lowest BCUT2D eigenvalue weighted by Gasteiger charge is -2.00. The monoisotopic (exact) mass is 214 g/mol. The van der Waals surface area contributed by atoms with Crippen molar-refractivity contribution in [3.8, 4) is 0 Å². The van der Waals surface area contributed by atoms with Crippen LogP contribution < -0.4 is 0 Å². The van der Waals surface area contributed by atoms with E-state index in [0.717, 1.165) is 6.26 Å². The Bertz CT molecular complexity index is 444. The molecule has 0 unspecified atom stereocenters. The van der Waals surface area contributed by atoms with Crippen LogP contribution in [0.2, 0.25) is 0 Å². The minimum atomic E-state index is -3.19. The SMILES string of the molecule is CC=C(F)c1ccc(S(C)(=O)=O)cc1. The summed E-state index contributed by atoms with van der Waals surface area (Å²) in [7, 11) is -3.19. The molecule has 0 heterocycles. The van der Waals surface area contributed by atoms with Crippen LogP contribution in [0, 0.1) is 0 Å². The van der Waals surface area contributed by atoms with E-state index in [-0.39, 0.29) is 10.7 Å². The molecule has 0 fully saturated rings. The predicted octanol–water partition coefficient (Wildman–Crippen LogP) is 2.42. The number of sulfone groups is 1. The fourth-order valence-corrected chi connectivity index (χ4v) is 1.66. The maximum atomic E-state index is 13.0. The third-order valence-corrected chi connectivity index (χ3v) is 2.94. The molecule has 0 aliphatic heterocycles. The number of hydrogen-bond acceptors (Lipinski definition) is 2. The molecule has 0 bridgehead atoms. The summed E-state index contributed by atoms with van der Waals surface area (Å²) in [6.07, 6.45) is 2.45. The first kappa shape index (κ1) is 10.9. The van der Waals surface area contributed by atoms with E-state index in [0.29, 0.717) is 5.56 Å². The lowest BCUT2D eigenvalue weighted by atomic mass is 10.2. The molecule has 0 N–H and O–H groups in total. The van der Waals surface area contributed by atoms with E-state index >= 15 is 0 Å². The van der Waals surface area contributed by atoms with Crippen molar-refractivity contribution in [1.29, 1.82) is 0 Å². The lowest BCUT2D eigenvalue weighted by molar-refractivity contribution is 0.602. The highest BCUT2D eigenvalue weighted by Crippen LogP contribution is 2.17. The fraction of sp³-hybridized carbons (Fsp3) is 0.200. The molecule has 0 aromatic heterocycles. The highest BCUT2D eigenvalue weighted by atomic mass is 32.2. The minimum absolute atomic E-state index is 0.199. The molecule has 14 heavy (non-hydrogen) atoms. The Balaban J connectivity index is 3.14. The van der Waals surface area contributed by atoms with Crippen molar-refractivity contribution in [2.24, 2.45) is 0 Å². The average Bonchev–Trinajstić information content (AvgIpc) is 2.15. The molecule has 0 radical (unpaired) electrons. The standard InChI is InChI=1S/C10H11FO2S/c1-3-10(11)8-4-6-9(7-5-8)14(2,12)13/h3-7H,1-2H3. The van der Waals surface area contributed by atoms with Gasteiger partial charge in [0.25, 0.3) is 0 Å². The second kappa shape index (κ2) is 3.92. The molecule has 0 atom stereocenters. The largest absolute Gasteiger partial charge is 0.224 e. The molecule has 1 aromatic rings. The number of allylic oxidation sites excluding steroid dienone is 1. The normalized spacial score (nSPS) is 12.9. The van der Waals surface area contributed by atoms with Gasteiger partial charge in [-0.25, -0.2) is 12.8 Å². The number of rotatable bonds is 2. The Morgan fingerprint density at radius 2 is 1.79 bits per heavy atom. The molecule has 1 rings (SSSR count). The van der Waals surface area contributed by atoms with Gasteiger partial charge < -0.3 is 0 Å². The predicted molar refractivity (Wildman–Crippen MR) is 54.3 cm³/mol. The average molecular weight is 214 g/mol. The Morgan fingerprint density at radius 1 is 1.29 bits per heavy atom. The summed E-state index contributed by atoms with van der Waals surface area (Å²) in [5.41, 5.74) is 0.389. The van der Waals surface area contributed by atoms with Crippen molar-refractivity contribution in [2.75, 3.05) is 6.26 Å². The molecule has 0 amide bonds. The van der Waals surface area contributed by atoms with Crippen LogP contribution in [0.3, 0.4) is 0 Å². The smallest absolute Gasteiger partial charge is 0.175 e. The zero-order chi connectivity index (χ0) is 10.8. The van der Waals surface area contributed by atoms with Crippen LogP contribution in [0.5, 0.6) is 0 Å².